The second-order valence-electron chi connectivity index (χ2n) is 7.06. The molecule has 1 aliphatic heterocycles. The van der Waals surface area contributed by atoms with Crippen molar-refractivity contribution in [3.8, 4) is 10.6 Å². The van der Waals surface area contributed by atoms with E-state index in [2.05, 4.69) is 20.8 Å². The van der Waals surface area contributed by atoms with Crippen molar-refractivity contribution in [2.45, 2.75) is 25.8 Å². The monoisotopic (exact) mass is 425 g/mol. The van der Waals surface area contributed by atoms with Crippen LogP contribution in [0.5, 0.6) is 0 Å². The normalized spacial score (nSPS) is 15.8. The maximum atomic E-state index is 13.3. The molecular weight excluding hydrogens is 405 g/mol. The molecule has 1 unspecified atom stereocenters. The van der Waals surface area contributed by atoms with Crippen LogP contribution in [0.3, 0.4) is 0 Å². The third-order valence-electron chi connectivity index (χ3n) is 4.85. The number of urea groups is 1. The summed E-state index contributed by atoms with van der Waals surface area (Å²) in [4.78, 5) is 26.8. The number of hydrogen-bond donors (Lipinski definition) is 2. The molecule has 1 fully saturated rings. The molecule has 0 saturated carbocycles. The largest absolute Gasteiger partial charge is 0.322 e. The molecule has 1 aromatic heterocycles. The zero-order valence-electron chi connectivity index (χ0n) is 16.3. The minimum absolute atomic E-state index is 0.312. The Morgan fingerprint density at radius 3 is 2.70 bits per heavy atom. The summed E-state index contributed by atoms with van der Waals surface area (Å²) in [5, 5.41) is 14.7. The molecule has 1 saturated heterocycles. The molecule has 0 radical (unpaired) electrons. The van der Waals surface area contributed by atoms with Crippen LogP contribution in [0.2, 0.25) is 0 Å². The number of carbonyl (C=O) groups is 2. The first-order valence-corrected chi connectivity index (χ1v) is 10.4. The number of hydrogen-bond acceptors (Lipinski definition) is 5. The van der Waals surface area contributed by atoms with Gasteiger partial charge >= 0.3 is 6.03 Å². The van der Waals surface area contributed by atoms with E-state index < -0.39 is 17.9 Å². The summed E-state index contributed by atoms with van der Waals surface area (Å²) < 4.78 is 13.3. The summed E-state index contributed by atoms with van der Waals surface area (Å²) in [5.41, 5.74) is 2.42. The van der Waals surface area contributed by atoms with Crippen LogP contribution < -0.4 is 10.6 Å². The number of aromatic nitrogens is 2. The number of aryl methyl sites for hydroxylation is 1. The van der Waals surface area contributed by atoms with E-state index in [9.17, 15) is 14.0 Å². The molecule has 0 spiro atoms. The highest BCUT2D eigenvalue weighted by Crippen LogP contribution is 2.27. The van der Waals surface area contributed by atoms with Crippen LogP contribution in [0.1, 0.15) is 18.4 Å². The van der Waals surface area contributed by atoms with Crippen LogP contribution in [0.15, 0.2) is 48.5 Å². The molecule has 1 atom stereocenters. The molecular formula is C21H20FN5O2S. The average molecular weight is 425 g/mol. The maximum absolute atomic E-state index is 13.3. The Morgan fingerprint density at radius 2 is 1.93 bits per heavy atom. The van der Waals surface area contributed by atoms with Crippen LogP contribution in [-0.2, 0) is 4.79 Å². The SMILES string of the molecule is Cc1ccc(-c2nnc(NC(=O)C3CCCN3C(=O)Nc3cccc(F)c3)s2)cc1. The number of nitrogens with one attached hydrogen (secondary N) is 2. The number of benzene rings is 2. The van der Waals surface area contributed by atoms with E-state index in [1.54, 1.807) is 6.07 Å². The van der Waals surface area contributed by atoms with Gasteiger partial charge in [0, 0.05) is 17.8 Å². The van der Waals surface area contributed by atoms with Gasteiger partial charge in [-0.2, -0.15) is 0 Å². The molecule has 1 aliphatic rings. The van der Waals surface area contributed by atoms with Gasteiger partial charge in [-0.15, -0.1) is 10.2 Å². The fourth-order valence-electron chi connectivity index (χ4n) is 3.32. The molecule has 7 nitrogen and oxygen atoms in total. The number of likely N-dealkylation sites (tertiary alicyclic amines) is 1. The molecule has 2 aromatic carbocycles. The topological polar surface area (TPSA) is 87.2 Å². The Hall–Kier alpha value is -3.33. The predicted molar refractivity (Wildman–Crippen MR) is 114 cm³/mol. The highest BCUT2D eigenvalue weighted by atomic mass is 32.1. The van der Waals surface area contributed by atoms with E-state index >= 15 is 0 Å². The zero-order valence-corrected chi connectivity index (χ0v) is 17.1. The maximum Gasteiger partial charge on any atom is 0.322 e. The summed E-state index contributed by atoms with van der Waals surface area (Å²) in [7, 11) is 0. The molecule has 9 heteroatoms. The number of anilines is 2. The number of carbonyl (C=O) groups excluding carboxylic acids is 2. The van der Waals surface area contributed by atoms with Gasteiger partial charge in [0.15, 0.2) is 0 Å². The standard InChI is InChI=1S/C21H20FN5O2S/c1-13-7-9-14(10-8-13)19-25-26-20(30-19)24-18(28)17-6-3-11-27(17)21(29)23-16-5-2-4-15(22)12-16/h2,4-5,7-10,12,17H,3,6,11H2,1H3,(H,23,29)(H,24,26,28). The lowest BCUT2D eigenvalue weighted by Crippen LogP contribution is -2.45. The van der Waals surface area contributed by atoms with Gasteiger partial charge < -0.3 is 10.2 Å². The van der Waals surface area contributed by atoms with Crippen molar-refractivity contribution in [2.75, 3.05) is 17.2 Å². The van der Waals surface area contributed by atoms with Crippen molar-refractivity contribution >= 4 is 34.1 Å². The van der Waals surface area contributed by atoms with E-state index in [0.29, 0.717) is 35.2 Å². The second-order valence-corrected chi connectivity index (χ2v) is 8.04. The fourth-order valence-corrected chi connectivity index (χ4v) is 4.07. The minimum Gasteiger partial charge on any atom is -0.312 e. The first-order chi connectivity index (χ1) is 14.5. The second kappa shape index (κ2) is 8.58. The quantitative estimate of drug-likeness (QED) is 0.653. The molecule has 0 bridgehead atoms. The van der Waals surface area contributed by atoms with Gasteiger partial charge in [0.1, 0.15) is 16.9 Å². The van der Waals surface area contributed by atoms with Crippen LogP contribution in [0, 0.1) is 12.7 Å². The fraction of sp³-hybridized carbons (Fsp3) is 0.238. The van der Waals surface area contributed by atoms with Crippen molar-refractivity contribution < 1.29 is 14.0 Å². The lowest BCUT2D eigenvalue weighted by atomic mass is 10.2. The van der Waals surface area contributed by atoms with Crippen LogP contribution >= 0.6 is 11.3 Å². The Kier molecular flexibility index (Phi) is 5.71. The summed E-state index contributed by atoms with van der Waals surface area (Å²) in [6, 6.07) is 12.5. The first-order valence-electron chi connectivity index (χ1n) is 9.54. The van der Waals surface area contributed by atoms with Gasteiger partial charge in [0.25, 0.3) is 0 Å². The van der Waals surface area contributed by atoms with Crippen LogP contribution in [0.25, 0.3) is 10.6 Å². The third-order valence-corrected chi connectivity index (χ3v) is 5.73. The first kappa shape index (κ1) is 20.0. The van der Waals surface area contributed by atoms with Crippen molar-refractivity contribution in [2.24, 2.45) is 0 Å². The van der Waals surface area contributed by atoms with E-state index in [1.165, 1.54) is 34.4 Å². The lowest BCUT2D eigenvalue weighted by molar-refractivity contribution is -0.119. The summed E-state index contributed by atoms with van der Waals surface area (Å²) in [5.74, 6) is -0.752. The van der Waals surface area contributed by atoms with Crippen LogP contribution in [-0.4, -0.2) is 39.6 Å². The number of nitrogens with zero attached hydrogens (tertiary/aromatic N) is 3. The van der Waals surface area contributed by atoms with Gasteiger partial charge in [0.2, 0.25) is 11.0 Å². The average Bonchev–Trinajstić information content (AvgIpc) is 3.38. The van der Waals surface area contributed by atoms with E-state index in [-0.39, 0.29) is 5.91 Å². The van der Waals surface area contributed by atoms with Gasteiger partial charge in [-0.25, -0.2) is 9.18 Å². The molecule has 0 aliphatic carbocycles. The predicted octanol–water partition coefficient (Wildman–Crippen LogP) is 4.29. The van der Waals surface area contributed by atoms with Gasteiger partial charge in [0.05, 0.1) is 0 Å². The van der Waals surface area contributed by atoms with Gasteiger partial charge in [-0.1, -0.05) is 47.2 Å². The van der Waals surface area contributed by atoms with Crippen molar-refractivity contribution in [3.05, 3.63) is 59.9 Å². The number of halogens is 1. The van der Waals surface area contributed by atoms with Crippen LogP contribution in [0.4, 0.5) is 20.0 Å². The number of amides is 3. The summed E-state index contributed by atoms with van der Waals surface area (Å²) in [6.07, 6.45) is 1.26. The molecule has 2 N–H and O–H groups in total. The minimum atomic E-state index is -0.620. The highest BCUT2D eigenvalue weighted by molar-refractivity contribution is 7.18. The van der Waals surface area contributed by atoms with Gasteiger partial charge in [-0.05, 0) is 38.0 Å². The zero-order chi connectivity index (χ0) is 21.1. The van der Waals surface area contributed by atoms with Crippen molar-refractivity contribution in [3.63, 3.8) is 0 Å². The summed E-state index contributed by atoms with van der Waals surface area (Å²) in [6.45, 7) is 2.46. The molecule has 30 heavy (non-hydrogen) atoms. The Morgan fingerprint density at radius 1 is 1.13 bits per heavy atom. The van der Waals surface area contributed by atoms with Crippen molar-refractivity contribution in [1.29, 1.82) is 0 Å². The third kappa shape index (κ3) is 4.46. The Bertz CT molecular complexity index is 1070. The number of rotatable bonds is 4. The summed E-state index contributed by atoms with van der Waals surface area (Å²) >= 11 is 1.28. The lowest BCUT2D eigenvalue weighted by Gasteiger charge is -2.23. The highest BCUT2D eigenvalue weighted by Gasteiger charge is 2.34. The molecule has 4 rings (SSSR count). The van der Waals surface area contributed by atoms with Gasteiger partial charge in [-0.3, -0.25) is 10.1 Å². The Labute approximate surface area is 176 Å². The van der Waals surface area contributed by atoms with E-state index in [1.807, 2.05) is 31.2 Å². The molecule has 2 heterocycles. The molecule has 3 aromatic rings. The van der Waals surface area contributed by atoms with E-state index in [4.69, 9.17) is 0 Å². The van der Waals surface area contributed by atoms with E-state index in [0.717, 1.165) is 11.1 Å². The van der Waals surface area contributed by atoms with Crippen molar-refractivity contribution in [1.82, 2.24) is 15.1 Å². The molecule has 154 valence electrons. The Balaban J connectivity index is 1.41. The molecule has 3 amide bonds. The smallest absolute Gasteiger partial charge is 0.312 e.